The molecule has 122 valence electrons. The third-order valence-corrected chi connectivity index (χ3v) is 7.23. The number of fused-ring (bicyclic) bond motifs is 3. The van der Waals surface area contributed by atoms with Crippen molar-refractivity contribution < 1.29 is 0 Å². The van der Waals surface area contributed by atoms with Gasteiger partial charge in [0, 0.05) is 3.92 Å². The molecule has 23 heavy (non-hydrogen) atoms. The minimum Gasteiger partial charge on any atom is -0.0956 e. The Labute approximate surface area is 154 Å². The second-order valence-corrected chi connectivity index (χ2v) is 9.25. The molecular formula is C22H27I. The van der Waals surface area contributed by atoms with E-state index < -0.39 is 0 Å². The molecule has 0 N–H and O–H groups in total. The lowest BCUT2D eigenvalue weighted by molar-refractivity contribution is 0.408. The highest BCUT2D eigenvalue weighted by Crippen LogP contribution is 2.54. The third kappa shape index (κ3) is 3.09. The van der Waals surface area contributed by atoms with E-state index in [0.717, 1.165) is 16.8 Å². The van der Waals surface area contributed by atoms with Crippen LogP contribution in [0.2, 0.25) is 0 Å². The maximum absolute atomic E-state index is 4.39. The van der Waals surface area contributed by atoms with E-state index in [1.807, 2.05) is 0 Å². The van der Waals surface area contributed by atoms with E-state index in [4.69, 9.17) is 0 Å². The number of alkyl halides is 1. The fraction of sp³-hybridized carbons (Fsp3) is 0.455. The molecule has 1 aromatic carbocycles. The number of rotatable bonds is 5. The summed E-state index contributed by atoms with van der Waals surface area (Å²) in [4.78, 5) is 0. The molecule has 0 aliphatic heterocycles. The number of allylic oxidation sites excluding steroid dienone is 5. The van der Waals surface area contributed by atoms with Crippen molar-refractivity contribution in [3.05, 3.63) is 65.3 Å². The molecule has 0 radical (unpaired) electrons. The van der Waals surface area contributed by atoms with Gasteiger partial charge in [0.1, 0.15) is 0 Å². The van der Waals surface area contributed by atoms with Crippen LogP contribution in [-0.2, 0) is 5.41 Å². The van der Waals surface area contributed by atoms with Crippen LogP contribution in [0.25, 0.3) is 5.57 Å². The fourth-order valence-corrected chi connectivity index (χ4v) is 4.38. The van der Waals surface area contributed by atoms with E-state index in [2.05, 4.69) is 86.4 Å². The second-order valence-electron chi connectivity index (χ2n) is 7.49. The standard InChI is InChI=1S/C22H27I/c1-5-17(23)12-10-15(2)16-11-13-19-18-8-6-7-9-20(18)22(3,4)21(19)14-16/h6-9,11,13,17,21H,2,5,10,12,14H2,1,3-4H3. The smallest absolute Gasteiger partial charge is 0.0110 e. The first-order chi connectivity index (χ1) is 10.9. The van der Waals surface area contributed by atoms with Crippen LogP contribution in [0, 0.1) is 5.92 Å². The summed E-state index contributed by atoms with van der Waals surface area (Å²) in [7, 11) is 0. The molecule has 0 aromatic heterocycles. The normalized spacial score (nSPS) is 22.7. The number of hydrogen-bond donors (Lipinski definition) is 0. The molecule has 0 saturated carbocycles. The SMILES string of the molecule is C=C(CCC(I)CC)C1=CC=C2c3ccccc3C(C)(C)C2C1. The van der Waals surface area contributed by atoms with Crippen molar-refractivity contribution >= 4 is 28.2 Å². The molecule has 1 heteroatoms. The van der Waals surface area contributed by atoms with Crippen molar-refractivity contribution in [3.63, 3.8) is 0 Å². The van der Waals surface area contributed by atoms with Crippen molar-refractivity contribution in [1.82, 2.24) is 0 Å². The first-order valence-electron chi connectivity index (χ1n) is 8.78. The lowest BCUT2D eigenvalue weighted by atomic mass is 9.72. The van der Waals surface area contributed by atoms with E-state index >= 15 is 0 Å². The van der Waals surface area contributed by atoms with Crippen LogP contribution in [0.15, 0.2) is 54.1 Å². The van der Waals surface area contributed by atoms with Crippen molar-refractivity contribution in [1.29, 1.82) is 0 Å². The van der Waals surface area contributed by atoms with Gasteiger partial charge in [-0.1, -0.05) is 91.9 Å². The Bertz CT molecular complexity index is 675. The number of benzene rings is 1. The zero-order valence-electron chi connectivity index (χ0n) is 14.5. The molecule has 0 amide bonds. The molecule has 2 atom stereocenters. The summed E-state index contributed by atoms with van der Waals surface area (Å²) in [6, 6.07) is 8.95. The molecule has 2 aliphatic rings. The lowest BCUT2D eigenvalue weighted by Gasteiger charge is -2.32. The van der Waals surface area contributed by atoms with E-state index in [9.17, 15) is 0 Å². The van der Waals surface area contributed by atoms with Crippen molar-refractivity contribution in [2.45, 2.75) is 55.8 Å². The Morgan fingerprint density at radius 2 is 2.04 bits per heavy atom. The monoisotopic (exact) mass is 418 g/mol. The summed E-state index contributed by atoms with van der Waals surface area (Å²) in [5.41, 5.74) is 7.54. The number of halogens is 1. The predicted octanol–water partition coefficient (Wildman–Crippen LogP) is 6.86. The highest BCUT2D eigenvalue weighted by molar-refractivity contribution is 14.1. The van der Waals surface area contributed by atoms with Gasteiger partial charge in [-0.05, 0) is 59.3 Å². The van der Waals surface area contributed by atoms with Crippen molar-refractivity contribution in [3.8, 4) is 0 Å². The van der Waals surface area contributed by atoms with Crippen LogP contribution in [0.4, 0.5) is 0 Å². The summed E-state index contributed by atoms with van der Waals surface area (Å²) in [5, 5.41) is 0. The summed E-state index contributed by atoms with van der Waals surface area (Å²) < 4.78 is 0.770. The second kappa shape index (κ2) is 6.58. The zero-order valence-corrected chi connectivity index (χ0v) is 16.7. The summed E-state index contributed by atoms with van der Waals surface area (Å²) >= 11 is 2.57. The first-order valence-corrected chi connectivity index (χ1v) is 10.0. The van der Waals surface area contributed by atoms with Gasteiger partial charge in [0.25, 0.3) is 0 Å². The molecule has 0 saturated heterocycles. The van der Waals surface area contributed by atoms with Crippen LogP contribution in [0.1, 0.15) is 57.6 Å². The van der Waals surface area contributed by atoms with E-state index in [0.29, 0.717) is 5.92 Å². The largest absolute Gasteiger partial charge is 0.0956 e. The van der Waals surface area contributed by atoms with Crippen molar-refractivity contribution in [2.24, 2.45) is 5.92 Å². The molecular weight excluding hydrogens is 391 g/mol. The summed E-state index contributed by atoms with van der Waals surface area (Å²) in [6.45, 7) is 11.5. The first kappa shape index (κ1) is 17.0. The molecule has 0 fully saturated rings. The Morgan fingerprint density at radius 1 is 1.30 bits per heavy atom. The predicted molar refractivity (Wildman–Crippen MR) is 110 cm³/mol. The minimum atomic E-state index is 0.220. The van der Waals surface area contributed by atoms with Gasteiger partial charge < -0.3 is 0 Å². The average molecular weight is 418 g/mol. The molecule has 2 unspecified atom stereocenters. The van der Waals surface area contributed by atoms with E-state index in [-0.39, 0.29) is 5.41 Å². The zero-order chi connectivity index (χ0) is 16.6. The Hall–Kier alpha value is -0.830. The third-order valence-electron chi connectivity index (χ3n) is 5.72. The maximum Gasteiger partial charge on any atom is 0.0110 e. The minimum absolute atomic E-state index is 0.220. The van der Waals surface area contributed by atoms with Crippen LogP contribution in [0.5, 0.6) is 0 Å². The Morgan fingerprint density at radius 3 is 2.78 bits per heavy atom. The van der Waals surface area contributed by atoms with Crippen LogP contribution in [0.3, 0.4) is 0 Å². The van der Waals surface area contributed by atoms with Gasteiger partial charge in [0.2, 0.25) is 0 Å². The molecule has 2 aliphatic carbocycles. The van der Waals surface area contributed by atoms with Gasteiger partial charge in [-0.2, -0.15) is 0 Å². The van der Waals surface area contributed by atoms with Gasteiger partial charge in [-0.15, -0.1) is 0 Å². The highest BCUT2D eigenvalue weighted by Gasteiger charge is 2.43. The van der Waals surface area contributed by atoms with E-state index in [1.165, 1.54) is 40.7 Å². The van der Waals surface area contributed by atoms with E-state index in [1.54, 1.807) is 0 Å². The molecule has 0 bridgehead atoms. The van der Waals surface area contributed by atoms with Crippen LogP contribution >= 0.6 is 22.6 Å². The Kier molecular flexibility index (Phi) is 4.87. The molecule has 0 spiro atoms. The summed E-state index contributed by atoms with van der Waals surface area (Å²) in [5.74, 6) is 0.596. The van der Waals surface area contributed by atoms with Gasteiger partial charge >= 0.3 is 0 Å². The topological polar surface area (TPSA) is 0 Å². The molecule has 1 aromatic rings. The maximum atomic E-state index is 4.39. The van der Waals surface area contributed by atoms with Crippen LogP contribution < -0.4 is 0 Å². The molecule has 3 rings (SSSR count). The quantitative estimate of drug-likeness (QED) is 0.362. The Balaban J connectivity index is 1.83. The van der Waals surface area contributed by atoms with Gasteiger partial charge in [0.15, 0.2) is 0 Å². The molecule has 0 heterocycles. The summed E-state index contributed by atoms with van der Waals surface area (Å²) in [6.07, 6.45) is 9.48. The van der Waals surface area contributed by atoms with Crippen molar-refractivity contribution in [2.75, 3.05) is 0 Å². The van der Waals surface area contributed by atoms with Gasteiger partial charge in [0.05, 0.1) is 0 Å². The highest BCUT2D eigenvalue weighted by atomic mass is 127. The number of hydrogen-bond acceptors (Lipinski definition) is 0. The fourth-order valence-electron chi connectivity index (χ4n) is 4.07. The average Bonchev–Trinajstić information content (AvgIpc) is 2.80. The van der Waals surface area contributed by atoms with Gasteiger partial charge in [-0.25, -0.2) is 0 Å². The lowest BCUT2D eigenvalue weighted by Crippen LogP contribution is -2.25. The van der Waals surface area contributed by atoms with Gasteiger partial charge in [-0.3, -0.25) is 0 Å². The molecule has 0 nitrogen and oxygen atoms in total. The van der Waals surface area contributed by atoms with Crippen LogP contribution in [-0.4, -0.2) is 3.92 Å².